The molecular weight excluding hydrogens is 252 g/mol. The molecule has 2 amide bonds. The molecule has 20 heavy (non-hydrogen) atoms. The van der Waals surface area contributed by atoms with Crippen LogP contribution in [0, 0.1) is 0 Å². The van der Waals surface area contributed by atoms with Crippen LogP contribution in [0.3, 0.4) is 0 Å². The quantitative estimate of drug-likeness (QED) is 0.830. The maximum absolute atomic E-state index is 11.7. The fourth-order valence-electron chi connectivity index (χ4n) is 1.76. The third-order valence-corrected chi connectivity index (χ3v) is 2.70. The first-order valence-corrected chi connectivity index (χ1v) is 6.53. The van der Waals surface area contributed by atoms with Gasteiger partial charge in [-0.15, -0.1) is 0 Å². The van der Waals surface area contributed by atoms with Crippen molar-refractivity contribution in [1.29, 1.82) is 0 Å². The highest BCUT2D eigenvalue weighted by Crippen LogP contribution is 2.24. The monoisotopic (exact) mass is 272 g/mol. The Morgan fingerprint density at radius 1 is 1.10 bits per heavy atom. The molecule has 0 saturated carbocycles. The van der Waals surface area contributed by atoms with Gasteiger partial charge in [0.15, 0.2) is 0 Å². The van der Waals surface area contributed by atoms with E-state index in [1.54, 1.807) is 44.4 Å². The van der Waals surface area contributed by atoms with Crippen molar-refractivity contribution in [3.05, 3.63) is 54.3 Å². The molecule has 0 spiro atoms. The second kappa shape index (κ2) is 6.70. The van der Waals surface area contributed by atoms with Crippen molar-refractivity contribution in [1.82, 2.24) is 4.90 Å². The van der Waals surface area contributed by atoms with Crippen molar-refractivity contribution in [2.45, 2.75) is 13.8 Å². The minimum atomic E-state index is -0.119. The van der Waals surface area contributed by atoms with Crippen LogP contribution in [0.2, 0.25) is 0 Å². The number of nitrogens with zero attached hydrogens (tertiary/aromatic N) is 2. The zero-order valence-electron chi connectivity index (χ0n) is 12.4. The Balaban J connectivity index is 0.000000956. The van der Waals surface area contributed by atoms with Gasteiger partial charge in [-0.05, 0) is 30.3 Å². The summed E-state index contributed by atoms with van der Waals surface area (Å²) < 4.78 is 0. The van der Waals surface area contributed by atoms with Gasteiger partial charge < -0.3 is 4.90 Å². The van der Waals surface area contributed by atoms with E-state index in [0.717, 1.165) is 0 Å². The fraction of sp³-hybridized carbons (Fsp3) is 0.250. The van der Waals surface area contributed by atoms with Crippen molar-refractivity contribution in [3.8, 4) is 0 Å². The van der Waals surface area contributed by atoms with Crippen molar-refractivity contribution < 1.29 is 9.59 Å². The van der Waals surface area contributed by atoms with Crippen molar-refractivity contribution >= 4 is 17.5 Å². The molecule has 1 aromatic rings. The highest BCUT2D eigenvalue weighted by Gasteiger charge is 2.20. The predicted octanol–water partition coefficient (Wildman–Crippen LogP) is 2.83. The Morgan fingerprint density at radius 2 is 1.65 bits per heavy atom. The van der Waals surface area contributed by atoms with Crippen LogP contribution in [0.1, 0.15) is 24.2 Å². The lowest BCUT2D eigenvalue weighted by Crippen LogP contribution is -2.23. The SMILES string of the molecule is C=C1C=CC(=O)N1c1ccc(C(=O)N(C)C)cc1.CC. The molecule has 0 radical (unpaired) electrons. The predicted molar refractivity (Wildman–Crippen MR) is 81.6 cm³/mol. The van der Waals surface area contributed by atoms with E-state index in [4.69, 9.17) is 0 Å². The summed E-state index contributed by atoms with van der Waals surface area (Å²) in [7, 11) is 3.40. The second-order valence-electron chi connectivity index (χ2n) is 4.24. The van der Waals surface area contributed by atoms with E-state index in [0.29, 0.717) is 16.9 Å². The Morgan fingerprint density at radius 3 is 2.05 bits per heavy atom. The second-order valence-corrected chi connectivity index (χ2v) is 4.24. The minimum absolute atomic E-state index is 0.0637. The van der Waals surface area contributed by atoms with Crippen LogP contribution < -0.4 is 4.90 Å². The lowest BCUT2D eigenvalue weighted by atomic mass is 10.1. The highest BCUT2D eigenvalue weighted by atomic mass is 16.2. The molecule has 0 saturated heterocycles. The Labute approximate surface area is 120 Å². The zero-order valence-corrected chi connectivity index (χ0v) is 12.4. The summed E-state index contributed by atoms with van der Waals surface area (Å²) in [6, 6.07) is 6.90. The minimum Gasteiger partial charge on any atom is -0.345 e. The van der Waals surface area contributed by atoms with Crippen molar-refractivity contribution in [3.63, 3.8) is 0 Å². The Bertz CT molecular complexity index is 524. The van der Waals surface area contributed by atoms with Crippen LogP contribution in [-0.4, -0.2) is 30.8 Å². The zero-order chi connectivity index (χ0) is 15.3. The maximum Gasteiger partial charge on any atom is 0.255 e. The smallest absolute Gasteiger partial charge is 0.255 e. The number of carbonyl (C=O) groups is 2. The van der Waals surface area contributed by atoms with E-state index in [-0.39, 0.29) is 11.8 Å². The van der Waals surface area contributed by atoms with Crippen LogP contribution in [0.15, 0.2) is 48.7 Å². The average Bonchev–Trinajstić information content (AvgIpc) is 2.80. The van der Waals surface area contributed by atoms with E-state index in [1.807, 2.05) is 13.8 Å². The molecule has 1 aliphatic heterocycles. The third kappa shape index (κ3) is 3.15. The van der Waals surface area contributed by atoms with Gasteiger partial charge in [0.1, 0.15) is 0 Å². The number of anilines is 1. The average molecular weight is 272 g/mol. The van der Waals surface area contributed by atoms with E-state index >= 15 is 0 Å². The molecule has 0 unspecified atom stereocenters. The molecule has 0 fully saturated rings. The number of carbonyl (C=O) groups excluding carboxylic acids is 2. The Hall–Kier alpha value is -2.36. The molecule has 0 aromatic heterocycles. The number of allylic oxidation sites excluding steroid dienone is 1. The van der Waals surface area contributed by atoms with Crippen LogP contribution in [0.5, 0.6) is 0 Å². The summed E-state index contributed by atoms with van der Waals surface area (Å²) in [4.78, 5) is 26.4. The molecule has 4 heteroatoms. The highest BCUT2D eigenvalue weighted by molar-refractivity contribution is 6.08. The molecule has 0 atom stereocenters. The van der Waals surface area contributed by atoms with Gasteiger partial charge in [0.05, 0.1) is 0 Å². The number of rotatable bonds is 2. The standard InChI is InChI=1S/C14H14N2O2.C2H6/c1-10-4-9-13(17)16(10)12-7-5-11(6-8-12)14(18)15(2)3;1-2/h4-9H,1H2,2-3H3;1-2H3. The van der Waals surface area contributed by atoms with Gasteiger partial charge in [0.2, 0.25) is 0 Å². The summed E-state index contributed by atoms with van der Waals surface area (Å²) in [5.74, 6) is -0.182. The molecule has 2 rings (SSSR count). The van der Waals surface area contributed by atoms with Crippen molar-refractivity contribution in [2.75, 3.05) is 19.0 Å². The number of hydrogen-bond donors (Lipinski definition) is 0. The summed E-state index contributed by atoms with van der Waals surface area (Å²) >= 11 is 0. The number of benzene rings is 1. The molecule has 4 nitrogen and oxygen atoms in total. The topological polar surface area (TPSA) is 40.6 Å². The van der Waals surface area contributed by atoms with Gasteiger partial charge in [-0.1, -0.05) is 20.4 Å². The van der Waals surface area contributed by atoms with Gasteiger partial charge in [-0.25, -0.2) is 0 Å². The van der Waals surface area contributed by atoms with E-state index in [9.17, 15) is 9.59 Å². The normalized spacial score (nSPS) is 13.1. The van der Waals surface area contributed by atoms with E-state index in [2.05, 4.69) is 6.58 Å². The summed E-state index contributed by atoms with van der Waals surface area (Å²) in [6.45, 7) is 7.79. The molecule has 0 N–H and O–H groups in total. The maximum atomic E-state index is 11.7. The summed E-state index contributed by atoms with van der Waals surface area (Å²) in [5.41, 5.74) is 1.94. The van der Waals surface area contributed by atoms with Gasteiger partial charge in [0, 0.05) is 37.1 Å². The van der Waals surface area contributed by atoms with Crippen LogP contribution in [-0.2, 0) is 4.79 Å². The molecule has 1 aliphatic rings. The van der Waals surface area contributed by atoms with Crippen LogP contribution in [0.25, 0.3) is 0 Å². The molecule has 1 aromatic carbocycles. The van der Waals surface area contributed by atoms with Gasteiger partial charge >= 0.3 is 0 Å². The van der Waals surface area contributed by atoms with Crippen molar-refractivity contribution in [2.24, 2.45) is 0 Å². The summed E-state index contributed by atoms with van der Waals surface area (Å²) in [6.07, 6.45) is 3.14. The molecule has 1 heterocycles. The molecular formula is C16H20N2O2. The van der Waals surface area contributed by atoms with E-state index < -0.39 is 0 Å². The first-order chi connectivity index (χ1) is 9.50. The number of hydrogen-bond acceptors (Lipinski definition) is 2. The lowest BCUT2D eigenvalue weighted by molar-refractivity contribution is -0.113. The van der Waals surface area contributed by atoms with E-state index in [1.165, 1.54) is 15.9 Å². The van der Waals surface area contributed by atoms with Gasteiger partial charge in [-0.2, -0.15) is 0 Å². The lowest BCUT2D eigenvalue weighted by Gasteiger charge is -2.18. The van der Waals surface area contributed by atoms with Crippen LogP contribution in [0.4, 0.5) is 5.69 Å². The van der Waals surface area contributed by atoms with Gasteiger partial charge in [-0.3, -0.25) is 14.5 Å². The first kappa shape index (κ1) is 15.7. The molecule has 106 valence electrons. The molecule has 0 bridgehead atoms. The summed E-state index contributed by atoms with van der Waals surface area (Å²) in [5, 5.41) is 0. The number of amides is 2. The third-order valence-electron chi connectivity index (χ3n) is 2.70. The first-order valence-electron chi connectivity index (χ1n) is 6.53. The largest absolute Gasteiger partial charge is 0.345 e. The Kier molecular flexibility index (Phi) is 5.26. The fourth-order valence-corrected chi connectivity index (χ4v) is 1.76. The van der Waals surface area contributed by atoms with Crippen LogP contribution >= 0.6 is 0 Å². The molecule has 0 aliphatic carbocycles. The van der Waals surface area contributed by atoms with Gasteiger partial charge in [0.25, 0.3) is 11.8 Å².